The van der Waals surface area contributed by atoms with Gasteiger partial charge in [0.05, 0.1) is 17.5 Å². The minimum Gasteiger partial charge on any atom is -0.298 e. The summed E-state index contributed by atoms with van der Waals surface area (Å²) in [5.74, 6) is -1.04. The first kappa shape index (κ1) is 19.3. The van der Waals surface area contributed by atoms with Crippen LogP contribution in [0.1, 0.15) is 64.2 Å². The molecule has 7 heteroatoms. The van der Waals surface area contributed by atoms with Gasteiger partial charge in [-0.1, -0.05) is 20.3 Å². The SMILES string of the molecule is CC(C)C(=O)c1c(C(=O)C2CCC2)ccc(N(C)S(C)(=O)=O)c1C=O. The second-order valence-electron chi connectivity index (χ2n) is 6.78. The number of carbonyl (C=O) groups is 3. The molecule has 0 aromatic heterocycles. The summed E-state index contributed by atoms with van der Waals surface area (Å²) in [5.41, 5.74) is 0.314. The first-order valence-corrected chi connectivity index (χ1v) is 10.1. The lowest BCUT2D eigenvalue weighted by molar-refractivity contribution is 0.0842. The maximum atomic E-state index is 12.7. The number of nitrogens with zero attached hydrogens (tertiary/aromatic N) is 1. The molecule has 0 heterocycles. The maximum Gasteiger partial charge on any atom is 0.232 e. The number of benzene rings is 1. The van der Waals surface area contributed by atoms with Gasteiger partial charge in [0.25, 0.3) is 0 Å². The number of carbonyl (C=O) groups excluding carboxylic acids is 3. The summed E-state index contributed by atoms with van der Waals surface area (Å²) >= 11 is 0. The second-order valence-corrected chi connectivity index (χ2v) is 8.79. The van der Waals surface area contributed by atoms with Gasteiger partial charge in [0.1, 0.15) is 0 Å². The van der Waals surface area contributed by atoms with Crippen molar-refractivity contribution >= 4 is 33.6 Å². The van der Waals surface area contributed by atoms with Gasteiger partial charge in [0.2, 0.25) is 10.0 Å². The average molecular weight is 365 g/mol. The largest absolute Gasteiger partial charge is 0.298 e. The Bertz CT molecular complexity index is 822. The van der Waals surface area contributed by atoms with Gasteiger partial charge < -0.3 is 0 Å². The summed E-state index contributed by atoms with van der Waals surface area (Å²) in [6.07, 6.45) is 3.99. The topological polar surface area (TPSA) is 88.6 Å². The Balaban J connectivity index is 2.72. The zero-order chi connectivity index (χ0) is 18.9. The van der Waals surface area contributed by atoms with E-state index in [2.05, 4.69) is 0 Å². The molecule has 25 heavy (non-hydrogen) atoms. The van der Waals surface area contributed by atoms with E-state index in [4.69, 9.17) is 0 Å². The summed E-state index contributed by atoms with van der Waals surface area (Å²) in [7, 11) is -2.30. The molecule has 1 aliphatic rings. The molecule has 2 rings (SSSR count). The Morgan fingerprint density at radius 2 is 1.84 bits per heavy atom. The molecule has 1 fully saturated rings. The van der Waals surface area contributed by atoms with E-state index in [1.807, 2.05) is 0 Å². The van der Waals surface area contributed by atoms with Crippen LogP contribution in [0.5, 0.6) is 0 Å². The predicted octanol–water partition coefficient (Wildman–Crippen LogP) is 2.72. The second kappa shape index (κ2) is 7.07. The monoisotopic (exact) mass is 365 g/mol. The normalized spacial score (nSPS) is 14.9. The van der Waals surface area contributed by atoms with Crippen LogP contribution in [-0.2, 0) is 10.0 Å². The lowest BCUT2D eigenvalue weighted by Crippen LogP contribution is -2.29. The molecule has 0 N–H and O–H groups in total. The third-order valence-electron chi connectivity index (χ3n) is 4.69. The smallest absolute Gasteiger partial charge is 0.232 e. The zero-order valence-electron chi connectivity index (χ0n) is 14.9. The summed E-state index contributed by atoms with van der Waals surface area (Å²) < 4.78 is 24.7. The zero-order valence-corrected chi connectivity index (χ0v) is 15.7. The molecule has 0 spiro atoms. The van der Waals surface area contributed by atoms with E-state index >= 15 is 0 Å². The molecular weight excluding hydrogens is 342 g/mol. The fourth-order valence-electron chi connectivity index (χ4n) is 2.83. The van der Waals surface area contributed by atoms with Crippen LogP contribution in [-0.4, -0.2) is 39.6 Å². The number of aldehydes is 1. The van der Waals surface area contributed by atoms with Crippen LogP contribution < -0.4 is 4.31 Å². The summed E-state index contributed by atoms with van der Waals surface area (Å²) in [6, 6.07) is 2.90. The van der Waals surface area contributed by atoms with Crippen molar-refractivity contribution in [3.8, 4) is 0 Å². The molecule has 0 radical (unpaired) electrons. The van der Waals surface area contributed by atoms with Crippen molar-refractivity contribution in [3.05, 3.63) is 28.8 Å². The number of hydrogen-bond acceptors (Lipinski definition) is 5. The molecule has 0 saturated heterocycles. The van der Waals surface area contributed by atoms with Crippen LogP contribution in [0.3, 0.4) is 0 Å². The van der Waals surface area contributed by atoms with E-state index in [0.29, 0.717) is 6.29 Å². The van der Waals surface area contributed by atoms with Crippen molar-refractivity contribution in [2.75, 3.05) is 17.6 Å². The quantitative estimate of drug-likeness (QED) is 0.547. The Morgan fingerprint density at radius 1 is 1.24 bits per heavy atom. The molecule has 1 aromatic rings. The molecule has 1 aliphatic carbocycles. The average Bonchev–Trinajstić information content (AvgIpc) is 2.49. The van der Waals surface area contributed by atoms with E-state index < -0.39 is 15.9 Å². The molecule has 6 nitrogen and oxygen atoms in total. The van der Waals surface area contributed by atoms with E-state index in [1.165, 1.54) is 19.2 Å². The highest BCUT2D eigenvalue weighted by atomic mass is 32.2. The number of sulfonamides is 1. The number of anilines is 1. The van der Waals surface area contributed by atoms with Crippen LogP contribution in [0.25, 0.3) is 0 Å². The maximum absolute atomic E-state index is 12.7. The van der Waals surface area contributed by atoms with Gasteiger partial charge in [0.15, 0.2) is 17.9 Å². The Labute approximate surface area is 148 Å². The third-order valence-corrected chi connectivity index (χ3v) is 5.88. The van der Waals surface area contributed by atoms with Crippen molar-refractivity contribution in [3.63, 3.8) is 0 Å². The molecule has 0 aliphatic heterocycles. The number of hydrogen-bond donors (Lipinski definition) is 0. The lowest BCUT2D eigenvalue weighted by Gasteiger charge is -2.27. The van der Waals surface area contributed by atoms with Crippen LogP contribution in [0.4, 0.5) is 5.69 Å². The predicted molar refractivity (Wildman–Crippen MR) is 95.9 cm³/mol. The van der Waals surface area contributed by atoms with Crippen LogP contribution >= 0.6 is 0 Å². The first-order chi connectivity index (χ1) is 11.6. The molecule has 1 saturated carbocycles. The van der Waals surface area contributed by atoms with E-state index in [1.54, 1.807) is 13.8 Å². The highest BCUT2D eigenvalue weighted by Gasteiger charge is 2.32. The van der Waals surface area contributed by atoms with Gasteiger partial charge in [0, 0.05) is 30.0 Å². The molecule has 0 unspecified atom stereocenters. The highest BCUT2D eigenvalue weighted by molar-refractivity contribution is 7.92. The number of rotatable bonds is 7. The Hall–Kier alpha value is -2.02. The molecule has 0 atom stereocenters. The summed E-state index contributed by atoms with van der Waals surface area (Å²) in [4.78, 5) is 37.2. The molecule has 0 amide bonds. The van der Waals surface area contributed by atoms with Crippen LogP contribution in [0.15, 0.2) is 12.1 Å². The van der Waals surface area contributed by atoms with Crippen molar-refractivity contribution < 1.29 is 22.8 Å². The van der Waals surface area contributed by atoms with Gasteiger partial charge >= 0.3 is 0 Å². The third kappa shape index (κ3) is 3.66. The summed E-state index contributed by atoms with van der Waals surface area (Å²) in [6.45, 7) is 3.36. The first-order valence-electron chi connectivity index (χ1n) is 8.24. The van der Waals surface area contributed by atoms with Crippen molar-refractivity contribution in [2.24, 2.45) is 11.8 Å². The van der Waals surface area contributed by atoms with Gasteiger partial charge in [-0.2, -0.15) is 0 Å². The van der Waals surface area contributed by atoms with Crippen LogP contribution in [0, 0.1) is 11.8 Å². The number of Topliss-reactive ketones (excluding diaryl/α,β-unsaturated/α-hetero) is 2. The molecule has 0 bridgehead atoms. The van der Waals surface area contributed by atoms with Crippen molar-refractivity contribution in [1.29, 1.82) is 0 Å². The Kier molecular flexibility index (Phi) is 5.46. The Morgan fingerprint density at radius 3 is 2.24 bits per heavy atom. The molecular formula is C18H23NO5S. The van der Waals surface area contributed by atoms with E-state index in [0.717, 1.165) is 29.8 Å². The standard InChI is InChI=1S/C18H23NO5S/c1-11(2)17(21)16-13(18(22)12-6-5-7-12)8-9-15(14(16)10-20)19(3)25(4,23)24/h8-12H,5-7H2,1-4H3. The van der Waals surface area contributed by atoms with E-state index in [-0.39, 0.29) is 39.9 Å². The minimum atomic E-state index is -3.62. The van der Waals surface area contributed by atoms with E-state index in [9.17, 15) is 22.8 Å². The molecule has 1 aromatic carbocycles. The van der Waals surface area contributed by atoms with Gasteiger partial charge in [-0.05, 0) is 25.0 Å². The van der Waals surface area contributed by atoms with Crippen LogP contribution in [0.2, 0.25) is 0 Å². The van der Waals surface area contributed by atoms with Gasteiger partial charge in [-0.3, -0.25) is 18.7 Å². The fourth-order valence-corrected chi connectivity index (χ4v) is 3.35. The van der Waals surface area contributed by atoms with Gasteiger partial charge in [-0.15, -0.1) is 0 Å². The van der Waals surface area contributed by atoms with Gasteiger partial charge in [-0.25, -0.2) is 8.42 Å². The summed E-state index contributed by atoms with van der Waals surface area (Å²) in [5, 5.41) is 0. The lowest BCUT2D eigenvalue weighted by atomic mass is 9.77. The molecule has 136 valence electrons. The fraction of sp³-hybridized carbons (Fsp3) is 0.500. The van der Waals surface area contributed by atoms with Crippen molar-refractivity contribution in [2.45, 2.75) is 33.1 Å². The minimum absolute atomic E-state index is 0.0369. The number of ketones is 2. The highest BCUT2D eigenvalue weighted by Crippen LogP contribution is 2.34. The van der Waals surface area contributed by atoms with Crippen molar-refractivity contribution in [1.82, 2.24) is 0 Å².